The first-order valence-corrected chi connectivity index (χ1v) is 7.07. The molecule has 4 heteroatoms. The highest BCUT2D eigenvalue weighted by atomic mass is 19.1. The van der Waals surface area contributed by atoms with Gasteiger partial charge in [0.1, 0.15) is 17.4 Å². The van der Waals surface area contributed by atoms with Gasteiger partial charge in [0.2, 0.25) is 0 Å². The molecule has 0 saturated carbocycles. The van der Waals surface area contributed by atoms with Crippen LogP contribution in [0.3, 0.4) is 0 Å². The van der Waals surface area contributed by atoms with Crippen molar-refractivity contribution < 1.29 is 4.39 Å². The summed E-state index contributed by atoms with van der Waals surface area (Å²) in [5.41, 5.74) is 2.41. The third-order valence-electron chi connectivity index (χ3n) is 3.77. The van der Waals surface area contributed by atoms with Gasteiger partial charge in [-0.05, 0) is 29.3 Å². The maximum atomic E-state index is 13.1. The lowest BCUT2D eigenvalue weighted by atomic mass is 9.98. The summed E-state index contributed by atoms with van der Waals surface area (Å²) in [5, 5.41) is 9.36. The van der Waals surface area contributed by atoms with Crippen molar-refractivity contribution in [3.05, 3.63) is 82.4 Å². The highest BCUT2D eigenvalue weighted by Gasteiger charge is 2.15. The van der Waals surface area contributed by atoms with E-state index in [4.69, 9.17) is 0 Å². The molecule has 23 heavy (non-hydrogen) atoms. The first-order chi connectivity index (χ1) is 11.1. The lowest BCUT2D eigenvalue weighted by Gasteiger charge is -2.13. The molecule has 1 heterocycles. The van der Waals surface area contributed by atoms with Crippen LogP contribution in [-0.2, 0) is 7.05 Å². The Bertz CT molecular complexity index is 952. The van der Waals surface area contributed by atoms with Crippen LogP contribution in [0.25, 0.3) is 22.4 Å². The molecule has 0 radical (unpaired) electrons. The second-order valence-electron chi connectivity index (χ2n) is 5.17. The molecule has 0 N–H and O–H groups in total. The smallest absolute Gasteiger partial charge is 0.269 e. The van der Waals surface area contributed by atoms with Crippen molar-refractivity contribution >= 4 is 0 Å². The zero-order valence-corrected chi connectivity index (χ0v) is 12.5. The second-order valence-corrected chi connectivity index (χ2v) is 5.17. The van der Waals surface area contributed by atoms with Crippen molar-refractivity contribution in [2.75, 3.05) is 0 Å². The van der Waals surface area contributed by atoms with Crippen molar-refractivity contribution in [3.8, 4) is 28.5 Å². The van der Waals surface area contributed by atoms with Gasteiger partial charge < -0.3 is 4.57 Å². The number of halogens is 1. The molecule has 0 spiro atoms. The molecule has 0 aliphatic heterocycles. The lowest BCUT2D eigenvalue weighted by molar-refractivity contribution is 0.628. The summed E-state index contributed by atoms with van der Waals surface area (Å²) in [6, 6.07) is 19.0. The average molecular weight is 304 g/mol. The molecule has 2 aromatic carbocycles. The van der Waals surface area contributed by atoms with Gasteiger partial charge in [-0.2, -0.15) is 5.26 Å². The Morgan fingerprint density at radius 1 is 1.00 bits per heavy atom. The van der Waals surface area contributed by atoms with E-state index in [0.29, 0.717) is 16.8 Å². The Hall–Kier alpha value is -3.19. The molecule has 3 nitrogen and oxygen atoms in total. The van der Waals surface area contributed by atoms with Gasteiger partial charge in [0.05, 0.1) is 5.69 Å². The van der Waals surface area contributed by atoms with Gasteiger partial charge in [0, 0.05) is 12.6 Å². The summed E-state index contributed by atoms with van der Waals surface area (Å²) in [4.78, 5) is 12.5. The number of rotatable bonds is 2. The molecule has 0 fully saturated rings. The maximum absolute atomic E-state index is 13.1. The summed E-state index contributed by atoms with van der Waals surface area (Å²) < 4.78 is 14.6. The van der Waals surface area contributed by atoms with E-state index in [0.717, 1.165) is 5.56 Å². The molecule has 1 aromatic heterocycles. The van der Waals surface area contributed by atoms with Crippen molar-refractivity contribution in [2.45, 2.75) is 0 Å². The number of hydrogen-bond donors (Lipinski definition) is 0. The minimum Gasteiger partial charge on any atom is -0.310 e. The van der Waals surface area contributed by atoms with Gasteiger partial charge in [-0.25, -0.2) is 4.39 Å². The number of nitriles is 1. The summed E-state index contributed by atoms with van der Waals surface area (Å²) in [5.74, 6) is -0.362. The summed E-state index contributed by atoms with van der Waals surface area (Å²) in [6.45, 7) is 0. The number of benzene rings is 2. The van der Waals surface area contributed by atoms with Crippen molar-refractivity contribution in [1.29, 1.82) is 5.26 Å². The summed E-state index contributed by atoms with van der Waals surface area (Å²) >= 11 is 0. The molecule has 0 saturated heterocycles. The third kappa shape index (κ3) is 2.65. The van der Waals surface area contributed by atoms with E-state index in [2.05, 4.69) is 0 Å². The molecule has 0 bridgehead atoms. The zero-order chi connectivity index (χ0) is 16.4. The Labute approximate surface area is 132 Å². The first-order valence-electron chi connectivity index (χ1n) is 7.07. The van der Waals surface area contributed by atoms with Crippen LogP contribution in [0.5, 0.6) is 0 Å². The van der Waals surface area contributed by atoms with Crippen LogP contribution < -0.4 is 5.56 Å². The van der Waals surface area contributed by atoms with Crippen molar-refractivity contribution in [1.82, 2.24) is 4.57 Å². The molecule has 0 aliphatic rings. The van der Waals surface area contributed by atoms with Crippen LogP contribution in [0.15, 0.2) is 65.5 Å². The zero-order valence-electron chi connectivity index (χ0n) is 12.5. The van der Waals surface area contributed by atoms with Gasteiger partial charge in [0.15, 0.2) is 0 Å². The standard InChI is InChI=1S/C19H13FN2O/c1-22-18(14-5-3-2-4-6-14)11-16(17(12-21)19(22)23)13-7-9-15(20)10-8-13/h2-11H,1H3. The van der Waals surface area contributed by atoms with Crippen molar-refractivity contribution in [3.63, 3.8) is 0 Å². The fraction of sp³-hybridized carbons (Fsp3) is 0.0526. The monoisotopic (exact) mass is 304 g/mol. The van der Waals surface area contributed by atoms with Crippen LogP contribution in [0, 0.1) is 17.1 Å². The summed E-state index contributed by atoms with van der Waals surface area (Å²) in [6.07, 6.45) is 0. The molecule has 112 valence electrons. The average Bonchev–Trinajstić information content (AvgIpc) is 2.58. The number of aromatic nitrogens is 1. The van der Waals surface area contributed by atoms with E-state index in [9.17, 15) is 14.4 Å². The molecule has 3 aromatic rings. The van der Waals surface area contributed by atoms with Gasteiger partial charge in [-0.3, -0.25) is 4.79 Å². The van der Waals surface area contributed by atoms with E-state index >= 15 is 0 Å². The highest BCUT2D eigenvalue weighted by Crippen LogP contribution is 2.27. The number of nitrogens with zero attached hydrogens (tertiary/aromatic N) is 2. The molecule has 0 aliphatic carbocycles. The summed E-state index contributed by atoms with van der Waals surface area (Å²) in [7, 11) is 1.64. The molecule has 0 atom stereocenters. The van der Waals surface area contributed by atoms with Gasteiger partial charge >= 0.3 is 0 Å². The Morgan fingerprint density at radius 2 is 1.65 bits per heavy atom. The Kier molecular flexibility index (Phi) is 3.78. The fourth-order valence-electron chi connectivity index (χ4n) is 2.55. The largest absolute Gasteiger partial charge is 0.310 e. The van der Waals surface area contributed by atoms with Gasteiger partial charge in [-0.15, -0.1) is 0 Å². The van der Waals surface area contributed by atoms with Gasteiger partial charge in [-0.1, -0.05) is 42.5 Å². The fourth-order valence-corrected chi connectivity index (χ4v) is 2.55. The van der Waals surface area contributed by atoms with Crippen LogP contribution in [0.2, 0.25) is 0 Å². The Morgan fingerprint density at radius 3 is 2.26 bits per heavy atom. The molecular weight excluding hydrogens is 291 g/mol. The van der Waals surface area contributed by atoms with Crippen molar-refractivity contribution in [2.24, 2.45) is 7.05 Å². The minimum absolute atomic E-state index is 0.0544. The molecule has 0 amide bonds. The van der Waals surface area contributed by atoms with E-state index < -0.39 is 0 Å². The van der Waals surface area contributed by atoms with Crippen LogP contribution in [0.1, 0.15) is 5.56 Å². The van der Waals surface area contributed by atoms with Gasteiger partial charge in [0.25, 0.3) is 5.56 Å². The first kappa shape index (κ1) is 14.7. The predicted molar refractivity (Wildman–Crippen MR) is 87.2 cm³/mol. The van der Waals surface area contributed by atoms with E-state index in [1.54, 1.807) is 25.2 Å². The number of hydrogen-bond acceptors (Lipinski definition) is 2. The SMILES string of the molecule is Cn1c(-c2ccccc2)cc(-c2ccc(F)cc2)c(C#N)c1=O. The van der Waals surface area contributed by atoms with Crippen LogP contribution in [-0.4, -0.2) is 4.57 Å². The Balaban J connectivity index is 2.32. The predicted octanol–water partition coefficient (Wildman–Crippen LogP) is 3.73. The second kappa shape index (κ2) is 5.90. The molecular formula is C19H13FN2O. The highest BCUT2D eigenvalue weighted by molar-refractivity contribution is 5.75. The minimum atomic E-state index is -0.367. The topological polar surface area (TPSA) is 45.8 Å². The molecule has 3 rings (SSSR count). The van der Waals surface area contributed by atoms with E-state index in [-0.39, 0.29) is 16.9 Å². The quantitative estimate of drug-likeness (QED) is 0.724. The normalized spacial score (nSPS) is 10.3. The third-order valence-corrected chi connectivity index (χ3v) is 3.77. The van der Waals surface area contributed by atoms with Crippen LogP contribution >= 0.6 is 0 Å². The van der Waals surface area contributed by atoms with E-state index in [1.807, 2.05) is 36.4 Å². The van der Waals surface area contributed by atoms with Crippen LogP contribution in [0.4, 0.5) is 4.39 Å². The van der Waals surface area contributed by atoms with E-state index in [1.165, 1.54) is 16.7 Å². The number of pyridine rings is 1. The maximum Gasteiger partial charge on any atom is 0.269 e. The lowest BCUT2D eigenvalue weighted by Crippen LogP contribution is -2.22. The molecule has 0 unspecified atom stereocenters.